The third-order valence-electron chi connectivity index (χ3n) is 3.19. The molecule has 0 spiro atoms. The first kappa shape index (κ1) is 13.8. The Bertz CT molecular complexity index is 748. The SMILES string of the molecule is CCCNC(=O)Cn1c(-c2cscn2)nc2ccccc21. The molecule has 0 atom stereocenters. The number of rotatable bonds is 5. The average molecular weight is 300 g/mol. The fraction of sp³-hybridized carbons (Fsp3) is 0.267. The Kier molecular flexibility index (Phi) is 3.96. The van der Waals surface area contributed by atoms with Crippen molar-refractivity contribution >= 4 is 28.3 Å². The van der Waals surface area contributed by atoms with Crippen LogP contribution in [0.1, 0.15) is 13.3 Å². The summed E-state index contributed by atoms with van der Waals surface area (Å²) in [6.45, 7) is 2.98. The van der Waals surface area contributed by atoms with Crippen molar-refractivity contribution in [3.8, 4) is 11.5 Å². The molecular formula is C15H16N4OS. The van der Waals surface area contributed by atoms with Crippen LogP contribution < -0.4 is 5.32 Å². The zero-order valence-corrected chi connectivity index (χ0v) is 12.6. The van der Waals surface area contributed by atoms with Gasteiger partial charge in [-0.3, -0.25) is 4.79 Å². The molecule has 0 bridgehead atoms. The lowest BCUT2D eigenvalue weighted by molar-refractivity contribution is -0.121. The number of carbonyl (C=O) groups is 1. The predicted octanol–water partition coefficient (Wildman–Crippen LogP) is 2.69. The molecule has 1 N–H and O–H groups in total. The van der Waals surface area contributed by atoms with Crippen molar-refractivity contribution in [1.82, 2.24) is 19.9 Å². The average Bonchev–Trinajstić information content (AvgIpc) is 3.13. The lowest BCUT2D eigenvalue weighted by atomic mass is 10.3. The first-order valence-electron chi connectivity index (χ1n) is 6.90. The minimum atomic E-state index is -0.00326. The normalized spacial score (nSPS) is 10.9. The van der Waals surface area contributed by atoms with Gasteiger partial charge >= 0.3 is 0 Å². The van der Waals surface area contributed by atoms with Crippen LogP contribution in [0.3, 0.4) is 0 Å². The van der Waals surface area contributed by atoms with E-state index in [0.29, 0.717) is 6.54 Å². The van der Waals surface area contributed by atoms with Crippen LogP contribution in [0.15, 0.2) is 35.2 Å². The van der Waals surface area contributed by atoms with Crippen molar-refractivity contribution in [3.05, 3.63) is 35.2 Å². The fourth-order valence-corrected chi connectivity index (χ4v) is 2.75. The maximum atomic E-state index is 12.1. The van der Waals surface area contributed by atoms with Crippen LogP contribution in [0, 0.1) is 0 Å². The van der Waals surface area contributed by atoms with E-state index in [1.807, 2.05) is 41.1 Å². The van der Waals surface area contributed by atoms with E-state index in [1.165, 1.54) is 11.3 Å². The zero-order chi connectivity index (χ0) is 14.7. The highest BCUT2D eigenvalue weighted by molar-refractivity contribution is 7.07. The summed E-state index contributed by atoms with van der Waals surface area (Å²) in [6.07, 6.45) is 0.926. The Hall–Kier alpha value is -2.21. The molecule has 6 heteroatoms. The van der Waals surface area contributed by atoms with E-state index in [1.54, 1.807) is 5.51 Å². The Morgan fingerprint density at radius 1 is 1.38 bits per heavy atom. The van der Waals surface area contributed by atoms with E-state index in [9.17, 15) is 4.79 Å². The van der Waals surface area contributed by atoms with Gasteiger partial charge in [-0.05, 0) is 18.6 Å². The molecule has 3 rings (SSSR count). The highest BCUT2D eigenvalue weighted by Crippen LogP contribution is 2.24. The molecule has 0 aliphatic heterocycles. The maximum absolute atomic E-state index is 12.1. The second kappa shape index (κ2) is 6.05. The number of thiazole rings is 1. The van der Waals surface area contributed by atoms with Crippen LogP contribution in [-0.2, 0) is 11.3 Å². The summed E-state index contributed by atoms with van der Waals surface area (Å²) >= 11 is 1.52. The molecule has 21 heavy (non-hydrogen) atoms. The Morgan fingerprint density at radius 3 is 3.00 bits per heavy atom. The summed E-state index contributed by atoms with van der Waals surface area (Å²) in [6, 6.07) is 7.83. The number of para-hydroxylation sites is 2. The smallest absolute Gasteiger partial charge is 0.240 e. The van der Waals surface area contributed by atoms with Gasteiger partial charge in [0.05, 0.1) is 16.5 Å². The van der Waals surface area contributed by atoms with Gasteiger partial charge in [-0.2, -0.15) is 0 Å². The van der Waals surface area contributed by atoms with Gasteiger partial charge in [0.1, 0.15) is 12.2 Å². The summed E-state index contributed by atoms with van der Waals surface area (Å²) in [4.78, 5) is 21.0. The quantitative estimate of drug-likeness (QED) is 0.788. The molecule has 0 aliphatic rings. The van der Waals surface area contributed by atoms with Crippen molar-refractivity contribution in [3.63, 3.8) is 0 Å². The van der Waals surface area contributed by atoms with E-state index >= 15 is 0 Å². The van der Waals surface area contributed by atoms with Gasteiger partial charge in [0, 0.05) is 11.9 Å². The van der Waals surface area contributed by atoms with Gasteiger partial charge in [-0.15, -0.1) is 11.3 Å². The van der Waals surface area contributed by atoms with Crippen LogP contribution in [-0.4, -0.2) is 27.0 Å². The van der Waals surface area contributed by atoms with Crippen LogP contribution in [0.2, 0.25) is 0 Å². The molecule has 2 aromatic heterocycles. The molecule has 0 aliphatic carbocycles. The highest BCUT2D eigenvalue weighted by Gasteiger charge is 2.15. The van der Waals surface area contributed by atoms with Crippen molar-refractivity contribution in [2.45, 2.75) is 19.9 Å². The van der Waals surface area contributed by atoms with Crippen LogP contribution in [0.4, 0.5) is 0 Å². The van der Waals surface area contributed by atoms with Crippen LogP contribution in [0.5, 0.6) is 0 Å². The number of benzene rings is 1. The molecule has 0 fully saturated rings. The molecule has 0 saturated carbocycles. The topological polar surface area (TPSA) is 59.8 Å². The molecular weight excluding hydrogens is 284 g/mol. The van der Waals surface area contributed by atoms with E-state index in [0.717, 1.165) is 29.0 Å². The third-order valence-corrected chi connectivity index (χ3v) is 3.78. The van der Waals surface area contributed by atoms with Gasteiger partial charge in [0.2, 0.25) is 5.91 Å². The van der Waals surface area contributed by atoms with Gasteiger partial charge in [-0.1, -0.05) is 19.1 Å². The summed E-state index contributed by atoms with van der Waals surface area (Å²) in [5.74, 6) is 0.737. The number of nitrogens with zero attached hydrogens (tertiary/aromatic N) is 3. The number of hydrogen-bond donors (Lipinski definition) is 1. The third kappa shape index (κ3) is 2.80. The number of aromatic nitrogens is 3. The summed E-state index contributed by atoms with van der Waals surface area (Å²) in [5, 5.41) is 4.85. The monoisotopic (exact) mass is 300 g/mol. The zero-order valence-electron chi connectivity index (χ0n) is 11.7. The molecule has 0 unspecified atom stereocenters. The Morgan fingerprint density at radius 2 is 2.24 bits per heavy atom. The number of hydrogen-bond acceptors (Lipinski definition) is 4. The van der Waals surface area contributed by atoms with Gasteiger partial charge in [0.15, 0.2) is 5.82 Å². The number of nitrogens with one attached hydrogen (secondary N) is 1. The van der Waals surface area contributed by atoms with Crippen molar-refractivity contribution in [1.29, 1.82) is 0 Å². The number of amides is 1. The first-order chi connectivity index (χ1) is 10.3. The fourth-order valence-electron chi connectivity index (χ4n) is 2.22. The second-order valence-corrected chi connectivity index (χ2v) is 5.45. The number of fused-ring (bicyclic) bond motifs is 1. The molecule has 0 saturated heterocycles. The van der Waals surface area contributed by atoms with E-state index < -0.39 is 0 Å². The molecule has 1 amide bonds. The van der Waals surface area contributed by atoms with Crippen LogP contribution in [0.25, 0.3) is 22.6 Å². The standard InChI is InChI=1S/C15H16N4OS/c1-2-7-16-14(20)8-19-13-6-4-3-5-11(13)18-15(19)12-9-21-10-17-12/h3-6,9-10H,2,7-8H2,1H3,(H,16,20). The van der Waals surface area contributed by atoms with Crippen molar-refractivity contribution in [2.75, 3.05) is 6.54 Å². The summed E-state index contributed by atoms with van der Waals surface area (Å²) in [7, 11) is 0. The maximum Gasteiger partial charge on any atom is 0.240 e. The van der Waals surface area contributed by atoms with E-state index in [-0.39, 0.29) is 12.5 Å². The van der Waals surface area contributed by atoms with Gasteiger partial charge < -0.3 is 9.88 Å². The minimum Gasteiger partial charge on any atom is -0.355 e. The molecule has 1 aromatic carbocycles. The largest absolute Gasteiger partial charge is 0.355 e. The number of carbonyl (C=O) groups excluding carboxylic acids is 1. The van der Waals surface area contributed by atoms with Gasteiger partial charge in [-0.25, -0.2) is 9.97 Å². The van der Waals surface area contributed by atoms with E-state index in [2.05, 4.69) is 15.3 Å². The second-order valence-electron chi connectivity index (χ2n) is 4.73. The number of imidazole rings is 1. The van der Waals surface area contributed by atoms with E-state index in [4.69, 9.17) is 0 Å². The lowest BCUT2D eigenvalue weighted by Gasteiger charge is -2.08. The van der Waals surface area contributed by atoms with Crippen molar-refractivity contribution < 1.29 is 4.79 Å². The minimum absolute atomic E-state index is 0.00326. The lowest BCUT2D eigenvalue weighted by Crippen LogP contribution is -2.28. The predicted molar refractivity (Wildman–Crippen MR) is 84.1 cm³/mol. The Balaban J connectivity index is 2.02. The summed E-state index contributed by atoms with van der Waals surface area (Å²) in [5.41, 5.74) is 4.41. The molecule has 2 heterocycles. The molecule has 3 aromatic rings. The van der Waals surface area contributed by atoms with Crippen LogP contribution >= 0.6 is 11.3 Å². The summed E-state index contributed by atoms with van der Waals surface area (Å²) < 4.78 is 1.93. The Labute approximate surface area is 126 Å². The van der Waals surface area contributed by atoms with Gasteiger partial charge in [0.25, 0.3) is 0 Å². The first-order valence-corrected chi connectivity index (χ1v) is 7.84. The molecule has 0 radical (unpaired) electrons. The van der Waals surface area contributed by atoms with Crippen molar-refractivity contribution in [2.24, 2.45) is 0 Å². The highest BCUT2D eigenvalue weighted by atomic mass is 32.1. The molecule has 108 valence electrons. The molecule has 5 nitrogen and oxygen atoms in total.